The lowest BCUT2D eigenvalue weighted by molar-refractivity contribution is -0.394. The minimum atomic E-state index is -2.48. The van der Waals surface area contributed by atoms with Gasteiger partial charge in [0.1, 0.15) is 0 Å². The summed E-state index contributed by atoms with van der Waals surface area (Å²) in [5.74, 6) is -2.26. The Hall–Kier alpha value is -2.71. The number of nitro groups is 2. The van der Waals surface area contributed by atoms with Gasteiger partial charge in [0.25, 0.3) is 11.4 Å². The number of carbonyl (C=O) groups excluding carboxylic acids is 2. The molecule has 0 fully saturated rings. The Kier molecular flexibility index (Phi) is 5.79. The summed E-state index contributed by atoms with van der Waals surface area (Å²) >= 11 is 0. The normalized spacial score (nSPS) is 11.7. The van der Waals surface area contributed by atoms with Crippen LogP contribution in [0.2, 0.25) is 0 Å². The zero-order chi connectivity index (χ0) is 16.9. The Labute approximate surface area is 124 Å². The third-order valence-corrected chi connectivity index (χ3v) is 2.90. The molecule has 0 bridgehead atoms. The van der Waals surface area contributed by atoms with E-state index in [1.165, 1.54) is 0 Å². The number of rotatable bonds is 8. The Balaban J connectivity index is 3.13. The predicted octanol–water partition coefficient (Wildman–Crippen LogP) is 2.78. The first kappa shape index (κ1) is 17.3. The second-order valence-corrected chi connectivity index (χ2v) is 4.55. The number of unbranched alkanes of at least 4 members (excludes halogenated alkanes) is 1. The molecule has 0 saturated carbocycles. The standard InChI is InChI=1S/C13H13FN2O6/c1-2-3-4-11(17)12(14)13(18)8-5-9(15(19)20)7-10(6-8)16(21)22/h5-7,12H,2-4H2,1H3. The lowest BCUT2D eigenvalue weighted by Gasteiger charge is -2.06. The second kappa shape index (κ2) is 7.34. The van der Waals surface area contributed by atoms with Crippen molar-refractivity contribution in [3.05, 3.63) is 44.0 Å². The van der Waals surface area contributed by atoms with E-state index in [0.29, 0.717) is 18.9 Å². The van der Waals surface area contributed by atoms with Crippen molar-refractivity contribution >= 4 is 22.9 Å². The maximum absolute atomic E-state index is 13.8. The van der Waals surface area contributed by atoms with Gasteiger partial charge in [0, 0.05) is 24.1 Å². The lowest BCUT2D eigenvalue weighted by atomic mass is 10.0. The molecule has 1 unspecified atom stereocenters. The highest BCUT2D eigenvalue weighted by molar-refractivity contribution is 6.13. The number of hydrogen-bond donors (Lipinski definition) is 0. The molecule has 8 nitrogen and oxygen atoms in total. The smallest absolute Gasteiger partial charge is 0.277 e. The summed E-state index contributed by atoms with van der Waals surface area (Å²) in [6.07, 6.45) is -1.58. The molecule has 0 aliphatic rings. The van der Waals surface area contributed by atoms with Crippen molar-refractivity contribution < 1.29 is 23.8 Å². The molecule has 0 aliphatic heterocycles. The van der Waals surface area contributed by atoms with Crippen molar-refractivity contribution in [1.29, 1.82) is 0 Å². The van der Waals surface area contributed by atoms with Crippen LogP contribution in [0.3, 0.4) is 0 Å². The van der Waals surface area contributed by atoms with Crippen LogP contribution in [0, 0.1) is 20.2 Å². The number of carbonyl (C=O) groups is 2. The molecule has 0 aliphatic carbocycles. The van der Waals surface area contributed by atoms with Gasteiger partial charge in [0.2, 0.25) is 12.0 Å². The minimum absolute atomic E-state index is 0.138. The SMILES string of the molecule is CCCCC(=O)C(F)C(=O)c1cc([N+](=O)[O-])cc([N+](=O)[O-])c1. The van der Waals surface area contributed by atoms with E-state index in [4.69, 9.17) is 0 Å². The molecule has 0 radical (unpaired) electrons. The van der Waals surface area contributed by atoms with Crippen LogP contribution in [0.25, 0.3) is 0 Å². The number of ketones is 2. The molecule has 0 spiro atoms. The Morgan fingerprint density at radius 3 is 2.05 bits per heavy atom. The highest BCUT2D eigenvalue weighted by Crippen LogP contribution is 2.24. The summed E-state index contributed by atoms with van der Waals surface area (Å²) in [6, 6.07) is 2.09. The number of Topliss-reactive ketones (excluding diaryl/α,β-unsaturated/α-hetero) is 2. The number of nitrogens with zero attached hydrogens (tertiary/aromatic N) is 2. The van der Waals surface area contributed by atoms with E-state index in [1.807, 2.05) is 0 Å². The van der Waals surface area contributed by atoms with Crippen LogP contribution in [0.1, 0.15) is 36.5 Å². The van der Waals surface area contributed by atoms with Crippen LogP contribution in [-0.4, -0.2) is 27.6 Å². The number of halogens is 1. The number of hydrogen-bond acceptors (Lipinski definition) is 6. The van der Waals surface area contributed by atoms with Crippen molar-refractivity contribution in [2.75, 3.05) is 0 Å². The first-order valence-corrected chi connectivity index (χ1v) is 6.42. The van der Waals surface area contributed by atoms with Gasteiger partial charge in [0.05, 0.1) is 15.9 Å². The van der Waals surface area contributed by atoms with Gasteiger partial charge in [-0.25, -0.2) is 4.39 Å². The predicted molar refractivity (Wildman–Crippen MR) is 73.5 cm³/mol. The van der Waals surface area contributed by atoms with Crippen LogP contribution in [0.4, 0.5) is 15.8 Å². The Morgan fingerprint density at radius 2 is 1.64 bits per heavy atom. The van der Waals surface area contributed by atoms with Crippen LogP contribution < -0.4 is 0 Å². The third kappa shape index (κ3) is 4.14. The molecule has 0 N–H and O–H groups in total. The van der Waals surface area contributed by atoms with Gasteiger partial charge >= 0.3 is 0 Å². The van der Waals surface area contributed by atoms with Crippen molar-refractivity contribution in [2.45, 2.75) is 32.4 Å². The van der Waals surface area contributed by atoms with Crippen molar-refractivity contribution in [2.24, 2.45) is 0 Å². The van der Waals surface area contributed by atoms with Gasteiger partial charge < -0.3 is 0 Å². The average Bonchev–Trinajstić information content (AvgIpc) is 2.50. The maximum Gasteiger partial charge on any atom is 0.277 e. The van der Waals surface area contributed by atoms with E-state index in [2.05, 4.69) is 0 Å². The Bertz CT molecular complexity index is 599. The van der Waals surface area contributed by atoms with Gasteiger partial charge in [-0.15, -0.1) is 0 Å². The molecule has 22 heavy (non-hydrogen) atoms. The van der Waals surface area contributed by atoms with E-state index in [0.717, 1.165) is 12.1 Å². The quantitative estimate of drug-likeness (QED) is 0.315. The minimum Gasteiger partial charge on any atom is -0.296 e. The van der Waals surface area contributed by atoms with Gasteiger partial charge in [-0.1, -0.05) is 13.3 Å². The summed E-state index contributed by atoms with van der Waals surface area (Å²) in [5, 5.41) is 21.4. The van der Waals surface area contributed by atoms with Crippen LogP contribution in [-0.2, 0) is 4.79 Å². The highest BCUT2D eigenvalue weighted by Gasteiger charge is 2.29. The van der Waals surface area contributed by atoms with Crippen molar-refractivity contribution in [3.63, 3.8) is 0 Å². The number of nitro benzene ring substituents is 2. The van der Waals surface area contributed by atoms with Gasteiger partial charge in [-0.3, -0.25) is 29.8 Å². The topological polar surface area (TPSA) is 120 Å². The largest absolute Gasteiger partial charge is 0.296 e. The molecule has 0 heterocycles. The molecule has 0 amide bonds. The molecule has 1 aromatic rings. The fraction of sp³-hybridized carbons (Fsp3) is 0.385. The van der Waals surface area contributed by atoms with E-state index < -0.39 is 44.5 Å². The summed E-state index contributed by atoms with van der Waals surface area (Å²) < 4.78 is 13.8. The van der Waals surface area contributed by atoms with E-state index >= 15 is 0 Å². The number of benzene rings is 1. The Morgan fingerprint density at radius 1 is 1.14 bits per heavy atom. The molecule has 0 aromatic heterocycles. The van der Waals surface area contributed by atoms with Gasteiger partial charge in [-0.2, -0.15) is 0 Å². The van der Waals surface area contributed by atoms with E-state index in [9.17, 15) is 34.2 Å². The first-order chi connectivity index (χ1) is 10.3. The maximum atomic E-state index is 13.8. The molecule has 1 aromatic carbocycles. The van der Waals surface area contributed by atoms with Crippen LogP contribution >= 0.6 is 0 Å². The van der Waals surface area contributed by atoms with Gasteiger partial charge in [-0.05, 0) is 6.42 Å². The monoisotopic (exact) mass is 312 g/mol. The number of non-ortho nitro benzene ring substituents is 2. The summed E-state index contributed by atoms with van der Waals surface area (Å²) in [6.45, 7) is 1.78. The molecular weight excluding hydrogens is 299 g/mol. The summed E-state index contributed by atoms with van der Waals surface area (Å²) in [7, 11) is 0. The second-order valence-electron chi connectivity index (χ2n) is 4.55. The third-order valence-electron chi connectivity index (χ3n) is 2.90. The zero-order valence-corrected chi connectivity index (χ0v) is 11.7. The highest BCUT2D eigenvalue weighted by atomic mass is 19.1. The molecule has 1 rings (SSSR count). The molecule has 9 heteroatoms. The first-order valence-electron chi connectivity index (χ1n) is 6.42. The average molecular weight is 312 g/mol. The number of alkyl halides is 1. The van der Waals surface area contributed by atoms with E-state index in [1.54, 1.807) is 6.92 Å². The fourth-order valence-corrected chi connectivity index (χ4v) is 1.72. The fourth-order valence-electron chi connectivity index (χ4n) is 1.72. The molecular formula is C13H13FN2O6. The van der Waals surface area contributed by atoms with Gasteiger partial charge in [0.15, 0.2) is 5.78 Å². The molecule has 0 saturated heterocycles. The van der Waals surface area contributed by atoms with Crippen LogP contribution in [0.5, 0.6) is 0 Å². The molecule has 1 atom stereocenters. The van der Waals surface area contributed by atoms with E-state index in [-0.39, 0.29) is 6.42 Å². The van der Waals surface area contributed by atoms with Crippen molar-refractivity contribution in [3.8, 4) is 0 Å². The lowest BCUT2D eigenvalue weighted by Crippen LogP contribution is -2.25. The van der Waals surface area contributed by atoms with Crippen molar-refractivity contribution in [1.82, 2.24) is 0 Å². The van der Waals surface area contributed by atoms with Crippen LogP contribution in [0.15, 0.2) is 18.2 Å². The molecule has 118 valence electrons. The zero-order valence-electron chi connectivity index (χ0n) is 11.7. The summed E-state index contributed by atoms with van der Waals surface area (Å²) in [4.78, 5) is 42.9. The summed E-state index contributed by atoms with van der Waals surface area (Å²) in [5.41, 5.74) is -2.00.